The van der Waals surface area contributed by atoms with Crippen molar-refractivity contribution in [3.05, 3.63) is 82.0 Å². The largest absolute Gasteiger partial charge is 0.343 e. The molecule has 2 amide bonds. The Morgan fingerprint density at radius 2 is 1.63 bits per heavy atom. The van der Waals surface area contributed by atoms with Crippen molar-refractivity contribution in [2.45, 2.75) is 50.7 Å². The van der Waals surface area contributed by atoms with Crippen LogP contribution in [0, 0.1) is 11.6 Å². The highest BCUT2D eigenvalue weighted by atomic mass is 35.5. The van der Waals surface area contributed by atoms with Gasteiger partial charge in [-0.25, -0.2) is 18.7 Å². The van der Waals surface area contributed by atoms with E-state index >= 15 is 0 Å². The summed E-state index contributed by atoms with van der Waals surface area (Å²) in [5.74, 6) is -0.979. The Hall–Kier alpha value is -3.47. The standard InChI is InChI=1S/C32H34ClF2N5O2S/c1-38(2)17-14-26(41)39(3)22-8-10-23(11-9-22)40(19-20-6-4-7-21(18-20)31-36-15-5-16-37-31)32(42)30-28(33)27-24(34)12-13-25(35)29(27)43-30/h4-7,12-13,15-16,18,22-23H,8-11,14,17,19H2,1-3H3. The molecule has 43 heavy (non-hydrogen) atoms. The van der Waals surface area contributed by atoms with Crippen LogP contribution in [0.25, 0.3) is 21.5 Å². The van der Waals surface area contributed by atoms with Gasteiger partial charge in [-0.2, -0.15) is 0 Å². The van der Waals surface area contributed by atoms with Crippen LogP contribution in [0.2, 0.25) is 5.02 Å². The molecule has 0 radical (unpaired) electrons. The van der Waals surface area contributed by atoms with Crippen LogP contribution in [0.5, 0.6) is 0 Å². The Kier molecular flexibility index (Phi) is 9.68. The van der Waals surface area contributed by atoms with E-state index in [-0.39, 0.29) is 50.4 Å². The van der Waals surface area contributed by atoms with Crippen molar-refractivity contribution in [2.75, 3.05) is 27.7 Å². The van der Waals surface area contributed by atoms with Gasteiger partial charge in [-0.05, 0) is 69.6 Å². The molecular weight excluding hydrogens is 592 g/mol. The highest BCUT2D eigenvalue weighted by Gasteiger charge is 2.34. The van der Waals surface area contributed by atoms with Gasteiger partial charge in [0.1, 0.15) is 16.5 Å². The highest BCUT2D eigenvalue weighted by Crippen LogP contribution is 2.40. The number of carbonyl (C=O) groups is 2. The van der Waals surface area contributed by atoms with Gasteiger partial charge in [0.15, 0.2) is 5.82 Å². The van der Waals surface area contributed by atoms with E-state index in [9.17, 15) is 18.4 Å². The number of halogens is 3. The predicted molar refractivity (Wildman–Crippen MR) is 166 cm³/mol. The van der Waals surface area contributed by atoms with Crippen LogP contribution in [0.1, 0.15) is 47.3 Å². The third-order valence-electron chi connectivity index (χ3n) is 8.06. The number of carbonyl (C=O) groups excluding carboxylic acids is 2. The molecule has 4 aromatic rings. The zero-order chi connectivity index (χ0) is 30.7. The van der Waals surface area contributed by atoms with Gasteiger partial charge in [-0.1, -0.05) is 29.8 Å². The zero-order valence-corrected chi connectivity index (χ0v) is 26.0. The van der Waals surface area contributed by atoms with E-state index in [0.29, 0.717) is 31.6 Å². The SMILES string of the molecule is CN(C)CCC(=O)N(C)C1CCC(N(Cc2cccc(-c3ncccn3)c2)C(=O)c2sc3c(F)ccc(F)c3c2Cl)CC1. The Bertz CT molecular complexity index is 1610. The predicted octanol–water partition coefficient (Wildman–Crippen LogP) is 6.65. The van der Waals surface area contributed by atoms with E-state index < -0.39 is 11.6 Å². The van der Waals surface area contributed by atoms with Crippen molar-refractivity contribution in [1.82, 2.24) is 24.7 Å². The molecule has 1 fully saturated rings. The summed E-state index contributed by atoms with van der Waals surface area (Å²) in [5, 5.41) is -0.141. The molecule has 2 aromatic heterocycles. The normalized spacial score (nSPS) is 16.9. The molecule has 0 spiro atoms. The molecule has 1 aliphatic carbocycles. The minimum atomic E-state index is -0.665. The summed E-state index contributed by atoms with van der Waals surface area (Å²) in [4.78, 5) is 41.4. The number of thiophene rings is 1. The molecule has 5 rings (SSSR count). The van der Waals surface area contributed by atoms with E-state index in [0.717, 1.165) is 47.4 Å². The summed E-state index contributed by atoms with van der Waals surface area (Å²) in [6.07, 6.45) is 6.62. The fraction of sp³-hybridized carbons (Fsp3) is 0.375. The number of fused-ring (bicyclic) bond motifs is 1. The Labute approximate surface area is 259 Å². The van der Waals surface area contributed by atoms with Crippen molar-refractivity contribution in [3.8, 4) is 11.4 Å². The molecule has 7 nitrogen and oxygen atoms in total. The quantitative estimate of drug-likeness (QED) is 0.208. The van der Waals surface area contributed by atoms with Gasteiger partial charge in [0.25, 0.3) is 5.91 Å². The van der Waals surface area contributed by atoms with Gasteiger partial charge < -0.3 is 14.7 Å². The van der Waals surface area contributed by atoms with Gasteiger partial charge in [0, 0.05) is 56.6 Å². The topological polar surface area (TPSA) is 69.6 Å². The molecule has 0 unspecified atom stereocenters. The van der Waals surface area contributed by atoms with E-state index in [1.807, 2.05) is 55.2 Å². The van der Waals surface area contributed by atoms with Crippen LogP contribution >= 0.6 is 22.9 Å². The fourth-order valence-electron chi connectivity index (χ4n) is 5.64. The Morgan fingerprint density at radius 3 is 2.30 bits per heavy atom. The summed E-state index contributed by atoms with van der Waals surface area (Å²) in [5.41, 5.74) is 1.68. The number of hydrogen-bond donors (Lipinski definition) is 0. The molecule has 226 valence electrons. The van der Waals surface area contributed by atoms with Crippen LogP contribution in [-0.4, -0.2) is 76.3 Å². The molecule has 0 saturated heterocycles. The molecule has 0 bridgehead atoms. The van der Waals surface area contributed by atoms with Crippen LogP contribution in [-0.2, 0) is 11.3 Å². The molecule has 11 heteroatoms. The lowest BCUT2D eigenvalue weighted by atomic mass is 9.88. The first kappa shape index (κ1) is 31.0. The fourth-order valence-corrected chi connectivity index (χ4v) is 7.15. The summed E-state index contributed by atoms with van der Waals surface area (Å²) in [7, 11) is 5.74. The Balaban J connectivity index is 1.42. The minimum Gasteiger partial charge on any atom is -0.343 e. The van der Waals surface area contributed by atoms with Crippen LogP contribution in [0.4, 0.5) is 8.78 Å². The number of nitrogens with zero attached hydrogens (tertiary/aromatic N) is 5. The number of rotatable bonds is 9. The molecule has 2 heterocycles. The van der Waals surface area contributed by atoms with Gasteiger partial charge in [-0.3, -0.25) is 9.59 Å². The van der Waals surface area contributed by atoms with Crippen LogP contribution in [0.3, 0.4) is 0 Å². The van der Waals surface area contributed by atoms with Crippen molar-refractivity contribution >= 4 is 44.8 Å². The van der Waals surface area contributed by atoms with Gasteiger partial charge in [0.2, 0.25) is 5.91 Å². The average Bonchev–Trinajstić information content (AvgIpc) is 3.38. The number of hydrogen-bond acceptors (Lipinski definition) is 6. The third kappa shape index (κ3) is 6.87. The lowest BCUT2D eigenvalue weighted by molar-refractivity contribution is -0.133. The maximum Gasteiger partial charge on any atom is 0.266 e. The molecule has 0 aliphatic heterocycles. The van der Waals surface area contributed by atoms with Crippen molar-refractivity contribution in [1.29, 1.82) is 0 Å². The second-order valence-electron chi connectivity index (χ2n) is 11.2. The highest BCUT2D eigenvalue weighted by molar-refractivity contribution is 7.21. The maximum absolute atomic E-state index is 14.7. The number of amides is 2. The summed E-state index contributed by atoms with van der Waals surface area (Å²) in [6.45, 7) is 0.951. The number of benzene rings is 2. The first-order valence-corrected chi connectivity index (χ1v) is 15.5. The molecule has 1 aliphatic rings. The minimum absolute atomic E-state index is 0.0260. The summed E-state index contributed by atoms with van der Waals surface area (Å²) < 4.78 is 29.3. The van der Waals surface area contributed by atoms with Crippen molar-refractivity contribution in [3.63, 3.8) is 0 Å². The molecule has 1 saturated carbocycles. The lowest BCUT2D eigenvalue weighted by Crippen LogP contribution is -2.46. The Morgan fingerprint density at radius 1 is 0.953 bits per heavy atom. The average molecular weight is 626 g/mol. The van der Waals surface area contributed by atoms with E-state index in [1.165, 1.54) is 0 Å². The molecule has 0 N–H and O–H groups in total. The monoisotopic (exact) mass is 625 g/mol. The van der Waals surface area contributed by atoms with Crippen LogP contribution in [0.15, 0.2) is 54.9 Å². The first-order chi connectivity index (χ1) is 20.6. The molecule has 2 aromatic carbocycles. The van der Waals surface area contributed by atoms with Gasteiger partial charge in [-0.15, -0.1) is 11.3 Å². The molecular formula is C32H34ClF2N5O2S. The molecule has 0 atom stereocenters. The summed E-state index contributed by atoms with van der Waals surface area (Å²) >= 11 is 7.44. The van der Waals surface area contributed by atoms with Gasteiger partial charge in [0.05, 0.1) is 15.1 Å². The van der Waals surface area contributed by atoms with E-state index in [2.05, 4.69) is 9.97 Å². The lowest BCUT2D eigenvalue weighted by Gasteiger charge is -2.40. The summed E-state index contributed by atoms with van der Waals surface area (Å²) in [6, 6.07) is 11.4. The zero-order valence-electron chi connectivity index (χ0n) is 24.4. The van der Waals surface area contributed by atoms with Gasteiger partial charge >= 0.3 is 0 Å². The second-order valence-corrected chi connectivity index (χ2v) is 12.6. The third-order valence-corrected chi connectivity index (χ3v) is 9.74. The van der Waals surface area contributed by atoms with Crippen molar-refractivity contribution < 1.29 is 18.4 Å². The second kappa shape index (κ2) is 13.4. The number of aromatic nitrogens is 2. The maximum atomic E-state index is 14.7. The smallest absolute Gasteiger partial charge is 0.266 e. The van der Waals surface area contributed by atoms with E-state index in [4.69, 9.17) is 11.6 Å². The van der Waals surface area contributed by atoms with E-state index in [1.54, 1.807) is 23.4 Å². The van der Waals surface area contributed by atoms with Crippen molar-refractivity contribution in [2.24, 2.45) is 0 Å². The van der Waals surface area contributed by atoms with Crippen LogP contribution < -0.4 is 0 Å². The first-order valence-electron chi connectivity index (χ1n) is 14.3.